The molecule has 0 radical (unpaired) electrons. The van der Waals surface area contributed by atoms with E-state index < -0.39 is 0 Å². The standard InChI is InChI=1S/C37H34N4.C36H30N3.C15H10N2.4HI/c1-38-30-18-8-4-14-26(30)24-34-36(38)28-16-6-10-20-32(28)40(34)22-12-3-13-23-41-33-21-11-7-17-29(33)37-35(41)25-27-15-5-9-19-31(27)39(37)2;1(10-20-38-33-18-8-3-13-26(33)23-28-22-25-12-2-5-15-29(25)35(28)38)11-21-39-34-19-9-4-14-27(34)24-32-36(39)30-16-6-7-17-31(30)37-32;1-3-7-12-10(5-1)9-14-15(17-12)11-6-2-4-8-13(11)16-14;;;;/h4-11,14-21,24-25H,3,12-13,22-23H2,1-2H3;2-9,12-19,23-24H,1,10-11,20-22H2;1-9,16H;4*1H/q+2;+1;;;;;/p-3. The predicted molar refractivity (Wildman–Crippen MR) is 401 cm³/mol. The molecule has 19 aromatic rings. The van der Waals surface area contributed by atoms with Crippen LogP contribution in [0.1, 0.15) is 49.7 Å². The van der Waals surface area contributed by atoms with E-state index in [1.807, 2.05) is 24.3 Å². The van der Waals surface area contributed by atoms with Gasteiger partial charge < -0.3 is 115 Å². The van der Waals surface area contributed by atoms with Crippen LogP contribution in [0.4, 0.5) is 0 Å². The second kappa shape index (κ2) is 29.8. The molecule has 0 bridgehead atoms. The van der Waals surface area contributed by atoms with Crippen LogP contribution in [-0.4, -0.2) is 24.1 Å². The number of nitrogens with one attached hydrogen (secondary N) is 2. The van der Waals surface area contributed by atoms with E-state index in [9.17, 15) is 0 Å². The molecule has 0 amide bonds. The molecular formula is C88H75I4N9. The molecule has 0 saturated heterocycles. The van der Waals surface area contributed by atoms with Gasteiger partial charge in [-0.3, -0.25) is 0 Å². The fourth-order valence-corrected chi connectivity index (χ4v) is 16.4. The Balaban J connectivity index is 0.000000135. The van der Waals surface area contributed by atoms with E-state index in [1.54, 1.807) is 0 Å². The summed E-state index contributed by atoms with van der Waals surface area (Å²) >= 11 is 0. The summed E-state index contributed by atoms with van der Waals surface area (Å²) in [5, 5.41) is 11.5. The second-order valence-electron chi connectivity index (χ2n) is 26.5. The molecule has 2 N–H and O–H groups in total. The molecule has 10 aromatic carbocycles. The summed E-state index contributed by atoms with van der Waals surface area (Å²) < 4.78 is 15.0. The van der Waals surface area contributed by atoms with Gasteiger partial charge in [-0.25, -0.2) is 4.98 Å². The number of H-pyrrole nitrogens is 2. The van der Waals surface area contributed by atoms with Crippen molar-refractivity contribution in [1.82, 2.24) is 24.1 Å². The lowest BCUT2D eigenvalue weighted by atomic mass is 10.1. The van der Waals surface area contributed by atoms with E-state index in [0.29, 0.717) is 0 Å². The Labute approximate surface area is 654 Å². The molecule has 0 saturated carbocycles. The Morgan fingerprint density at radius 2 is 0.772 bits per heavy atom. The summed E-state index contributed by atoms with van der Waals surface area (Å²) in [6.07, 6.45) is 8.02. The molecule has 20 rings (SSSR count). The molecule has 1 aliphatic rings. The average Bonchev–Trinajstić information content (AvgIpc) is 1.65. The van der Waals surface area contributed by atoms with Crippen LogP contribution in [0.3, 0.4) is 0 Å². The molecule has 0 fully saturated rings. The fraction of sp³-hybridized carbons (Fsp3) is 0.148. The van der Waals surface area contributed by atoms with Gasteiger partial charge in [0.05, 0.1) is 49.3 Å². The summed E-state index contributed by atoms with van der Waals surface area (Å²) in [7, 11) is 4.41. The molecule has 13 heteroatoms. The maximum atomic E-state index is 4.73. The quantitative estimate of drug-likeness (QED) is 0.0756. The van der Waals surface area contributed by atoms with Gasteiger partial charge in [0, 0.05) is 106 Å². The molecule has 0 aliphatic heterocycles. The van der Waals surface area contributed by atoms with E-state index in [0.717, 1.165) is 80.3 Å². The number of fused-ring (bicyclic) bond motifs is 20. The third-order valence-electron chi connectivity index (χ3n) is 20.8. The predicted octanol–water partition coefficient (Wildman–Crippen LogP) is 7.26. The molecule has 1 aliphatic carbocycles. The molecule has 9 aromatic heterocycles. The zero-order chi connectivity index (χ0) is 64.5. The number of aromatic amines is 2. The number of unbranched alkanes of at least 4 members (excludes halogenated alkanes) is 4. The highest BCUT2D eigenvalue weighted by Crippen LogP contribution is 2.37. The van der Waals surface area contributed by atoms with Gasteiger partial charge >= 0.3 is 0 Å². The average molecular weight is 1770 g/mol. The molecule has 0 unspecified atom stereocenters. The summed E-state index contributed by atoms with van der Waals surface area (Å²) in [4.78, 5) is 11.8. The van der Waals surface area contributed by atoms with E-state index in [-0.39, 0.29) is 95.9 Å². The van der Waals surface area contributed by atoms with E-state index in [2.05, 4.69) is 300 Å². The Hall–Kier alpha value is -8.63. The number of hydrogen-bond acceptors (Lipinski definition) is 1. The van der Waals surface area contributed by atoms with Crippen molar-refractivity contribution in [3.8, 4) is 11.3 Å². The van der Waals surface area contributed by atoms with Gasteiger partial charge in [0.1, 0.15) is 43.7 Å². The van der Waals surface area contributed by atoms with Crippen LogP contribution in [0, 0.1) is 0 Å². The molecule has 9 heterocycles. The van der Waals surface area contributed by atoms with Crippen molar-refractivity contribution in [2.75, 3.05) is 0 Å². The smallest absolute Gasteiger partial charge is 0.238 e. The minimum absolute atomic E-state index is 0. The largest absolute Gasteiger partial charge is 1.00 e. The van der Waals surface area contributed by atoms with Crippen LogP contribution in [-0.2, 0) is 46.7 Å². The summed E-state index contributed by atoms with van der Waals surface area (Å²) in [5.41, 5.74) is 27.0. The van der Waals surface area contributed by atoms with E-state index >= 15 is 0 Å². The zero-order valence-electron chi connectivity index (χ0n) is 56.4. The number of pyridine rings is 5. The van der Waals surface area contributed by atoms with Crippen LogP contribution < -0.4 is 114 Å². The van der Waals surface area contributed by atoms with Gasteiger partial charge in [-0.05, 0) is 140 Å². The van der Waals surface area contributed by atoms with Gasteiger partial charge in [-0.2, -0.15) is 18.3 Å². The SMILES string of the molecule is C[n+]1c2ccccc2cc2c1c1ccccc1n2CCCCCn1c2ccccc2c2c1cc1ccccc1[n+]2C.[I-].[I-].[I-].[I-].c1ccc2c(c1)Cc1cc3ccccc3[n+](CCCCC[n+]3c4ccccc4cc4[nH]c5ccccc5c43)c1-2.c1ccc2nc3c(cc2c1)[nH]c1ccccc13. The van der Waals surface area contributed by atoms with Crippen molar-refractivity contribution in [3.05, 3.63) is 284 Å². The highest BCUT2D eigenvalue weighted by atomic mass is 127. The van der Waals surface area contributed by atoms with Crippen molar-refractivity contribution in [1.29, 1.82) is 0 Å². The number of rotatable bonds is 12. The minimum atomic E-state index is 0. The van der Waals surface area contributed by atoms with Crippen molar-refractivity contribution >= 4 is 142 Å². The van der Waals surface area contributed by atoms with E-state index in [4.69, 9.17) is 4.98 Å². The van der Waals surface area contributed by atoms with Gasteiger partial charge in [-0.15, -0.1) is 0 Å². The lowest BCUT2D eigenvalue weighted by Gasteiger charge is -2.09. The molecule has 0 spiro atoms. The Morgan fingerprint density at radius 1 is 0.337 bits per heavy atom. The summed E-state index contributed by atoms with van der Waals surface area (Å²) in [6.45, 7) is 4.10. The molecule has 500 valence electrons. The first-order valence-electron chi connectivity index (χ1n) is 34.7. The Morgan fingerprint density at radius 3 is 1.40 bits per heavy atom. The summed E-state index contributed by atoms with van der Waals surface area (Å²) in [5.74, 6) is 0. The van der Waals surface area contributed by atoms with Gasteiger partial charge in [-0.1, -0.05) is 140 Å². The number of halogens is 4. The summed E-state index contributed by atoms with van der Waals surface area (Å²) in [6, 6.07) is 98.6. The molecular weight excluding hydrogens is 1690 g/mol. The number of hydrogen-bond donors (Lipinski definition) is 2. The van der Waals surface area contributed by atoms with Crippen molar-refractivity contribution in [2.45, 2.75) is 71.1 Å². The van der Waals surface area contributed by atoms with Gasteiger partial charge in [0.25, 0.3) is 0 Å². The Bertz CT molecular complexity index is 6160. The Kier molecular flexibility index (Phi) is 20.5. The lowest BCUT2D eigenvalue weighted by molar-refractivity contribution is -0.662. The maximum Gasteiger partial charge on any atom is 0.238 e. The topological polar surface area (TPSA) is 69.8 Å². The first kappa shape index (κ1) is 69.5. The van der Waals surface area contributed by atoms with Crippen molar-refractivity contribution < 1.29 is 114 Å². The molecule has 9 nitrogen and oxygen atoms in total. The second-order valence-corrected chi connectivity index (χ2v) is 26.5. The number of aryl methyl sites for hydroxylation is 6. The minimum Gasteiger partial charge on any atom is -1.00 e. The highest BCUT2D eigenvalue weighted by Gasteiger charge is 2.30. The number of para-hydroxylation sites is 9. The molecule has 0 atom stereocenters. The third kappa shape index (κ3) is 12.5. The van der Waals surface area contributed by atoms with Crippen LogP contribution >= 0.6 is 0 Å². The van der Waals surface area contributed by atoms with Crippen molar-refractivity contribution in [2.24, 2.45) is 14.1 Å². The zero-order valence-corrected chi connectivity index (χ0v) is 65.0. The van der Waals surface area contributed by atoms with Gasteiger partial charge in [0.15, 0.2) is 0 Å². The normalized spacial score (nSPS) is 11.7. The molecule has 101 heavy (non-hydrogen) atoms. The maximum absolute atomic E-state index is 4.73. The highest BCUT2D eigenvalue weighted by molar-refractivity contribution is 6.10. The fourth-order valence-electron chi connectivity index (χ4n) is 16.4. The van der Waals surface area contributed by atoms with Crippen LogP contribution in [0.15, 0.2) is 273 Å². The monoisotopic (exact) mass is 1770 g/mol. The van der Waals surface area contributed by atoms with Crippen molar-refractivity contribution in [3.63, 3.8) is 0 Å². The van der Waals surface area contributed by atoms with E-state index in [1.165, 1.54) is 155 Å². The first-order valence-corrected chi connectivity index (χ1v) is 34.7. The van der Waals surface area contributed by atoms with Crippen LogP contribution in [0.5, 0.6) is 0 Å². The number of benzene rings is 10. The number of aromatic nitrogens is 9. The third-order valence-corrected chi connectivity index (χ3v) is 20.8. The lowest BCUT2D eigenvalue weighted by Crippen LogP contribution is -3.00. The number of nitrogens with zero attached hydrogens (tertiary/aromatic N) is 7. The van der Waals surface area contributed by atoms with Crippen LogP contribution in [0.2, 0.25) is 0 Å². The van der Waals surface area contributed by atoms with Crippen LogP contribution in [0.25, 0.3) is 154 Å². The van der Waals surface area contributed by atoms with Gasteiger partial charge in [0.2, 0.25) is 44.3 Å². The first-order chi connectivity index (χ1) is 48.0.